The molecule has 1 aromatic heterocycles. The van der Waals surface area contributed by atoms with Crippen molar-refractivity contribution in [2.45, 2.75) is 65.0 Å². The molecule has 1 heterocycles. The fraction of sp³-hybridized carbons (Fsp3) is 0.722. The molecule has 118 valence electrons. The largest absolute Gasteiger partial charge is 0.356 e. The van der Waals surface area contributed by atoms with Crippen molar-refractivity contribution in [1.29, 1.82) is 0 Å². The number of hydrogen-bond donors (Lipinski definition) is 1. The predicted molar refractivity (Wildman–Crippen MR) is 90.8 cm³/mol. The van der Waals surface area contributed by atoms with Gasteiger partial charge in [0.1, 0.15) is 5.82 Å². The van der Waals surface area contributed by atoms with Gasteiger partial charge in [0.25, 0.3) is 0 Å². The van der Waals surface area contributed by atoms with E-state index in [1.165, 1.54) is 31.2 Å². The maximum Gasteiger partial charge on any atom is 0.133 e. The summed E-state index contributed by atoms with van der Waals surface area (Å²) in [5.41, 5.74) is 1.33. The Bertz CT molecular complexity index is 424. The third-order valence-corrected chi connectivity index (χ3v) is 4.85. The van der Waals surface area contributed by atoms with Gasteiger partial charge < -0.3 is 10.2 Å². The molecule has 3 nitrogen and oxygen atoms in total. The molecule has 1 aliphatic carbocycles. The first-order valence-electron chi connectivity index (χ1n) is 8.54. The average molecular weight is 289 g/mol. The Morgan fingerprint density at radius 2 is 2.05 bits per heavy atom. The quantitative estimate of drug-likeness (QED) is 0.852. The van der Waals surface area contributed by atoms with Gasteiger partial charge in [-0.15, -0.1) is 0 Å². The second-order valence-corrected chi connectivity index (χ2v) is 6.62. The van der Waals surface area contributed by atoms with Crippen LogP contribution >= 0.6 is 0 Å². The first kappa shape index (κ1) is 16.3. The summed E-state index contributed by atoms with van der Waals surface area (Å²) in [5.74, 6) is 2.05. The molecule has 0 aromatic carbocycles. The zero-order valence-electron chi connectivity index (χ0n) is 14.1. The van der Waals surface area contributed by atoms with Gasteiger partial charge in [-0.1, -0.05) is 19.9 Å². The van der Waals surface area contributed by atoms with Crippen LogP contribution in [0.1, 0.15) is 64.5 Å². The van der Waals surface area contributed by atoms with Gasteiger partial charge in [-0.05, 0) is 57.6 Å². The Morgan fingerprint density at radius 3 is 2.71 bits per heavy atom. The summed E-state index contributed by atoms with van der Waals surface area (Å²) in [4.78, 5) is 7.11. The smallest absolute Gasteiger partial charge is 0.133 e. The van der Waals surface area contributed by atoms with Crippen LogP contribution in [0.2, 0.25) is 0 Å². The number of nitrogens with one attached hydrogen (secondary N) is 1. The number of pyridine rings is 1. The highest BCUT2D eigenvalue weighted by molar-refractivity contribution is 5.48. The zero-order chi connectivity index (χ0) is 15.2. The molecule has 1 aliphatic rings. The van der Waals surface area contributed by atoms with E-state index in [4.69, 9.17) is 0 Å². The van der Waals surface area contributed by atoms with Gasteiger partial charge in [-0.2, -0.15) is 0 Å². The van der Waals surface area contributed by atoms with E-state index in [1.54, 1.807) is 0 Å². The molecule has 1 fully saturated rings. The summed E-state index contributed by atoms with van der Waals surface area (Å²) in [6, 6.07) is 5.28. The second-order valence-electron chi connectivity index (χ2n) is 6.62. The number of anilines is 1. The fourth-order valence-electron chi connectivity index (χ4n) is 3.32. The van der Waals surface area contributed by atoms with Crippen molar-refractivity contribution in [3.05, 3.63) is 23.9 Å². The van der Waals surface area contributed by atoms with Crippen LogP contribution in [0.3, 0.4) is 0 Å². The first-order valence-corrected chi connectivity index (χ1v) is 8.54. The molecule has 3 heteroatoms. The summed E-state index contributed by atoms with van der Waals surface area (Å²) in [6.07, 6.45) is 8.38. The molecule has 1 unspecified atom stereocenters. The van der Waals surface area contributed by atoms with Crippen LogP contribution in [-0.4, -0.2) is 24.6 Å². The molecule has 21 heavy (non-hydrogen) atoms. The summed E-state index contributed by atoms with van der Waals surface area (Å²) >= 11 is 0. The molecular weight excluding hydrogens is 258 g/mol. The summed E-state index contributed by atoms with van der Waals surface area (Å²) < 4.78 is 0. The van der Waals surface area contributed by atoms with E-state index in [1.807, 2.05) is 6.20 Å². The third kappa shape index (κ3) is 4.19. The average Bonchev–Trinajstić information content (AvgIpc) is 2.52. The highest BCUT2D eigenvalue weighted by Gasteiger charge is 2.24. The lowest BCUT2D eigenvalue weighted by atomic mass is 9.86. The minimum atomic E-state index is 0.360. The van der Waals surface area contributed by atoms with E-state index in [-0.39, 0.29) is 0 Å². The molecule has 0 saturated heterocycles. The SMILES string of the molecule is CCCNC(C)c1cccnc1N(C)C1CCC(C)CC1. The molecule has 0 spiro atoms. The molecular formula is C18H31N3. The normalized spacial score (nSPS) is 23.8. The molecule has 1 aromatic rings. The lowest BCUT2D eigenvalue weighted by Gasteiger charge is -2.36. The van der Waals surface area contributed by atoms with Crippen LogP contribution in [0.15, 0.2) is 18.3 Å². The molecule has 0 bridgehead atoms. The molecule has 1 saturated carbocycles. The molecule has 2 rings (SSSR count). The second kappa shape index (κ2) is 7.79. The number of nitrogens with zero attached hydrogens (tertiary/aromatic N) is 2. The van der Waals surface area contributed by atoms with Gasteiger partial charge in [0, 0.05) is 30.9 Å². The van der Waals surface area contributed by atoms with Gasteiger partial charge >= 0.3 is 0 Å². The monoisotopic (exact) mass is 289 g/mol. The Morgan fingerprint density at radius 1 is 1.33 bits per heavy atom. The summed E-state index contributed by atoms with van der Waals surface area (Å²) in [6.45, 7) is 7.88. The van der Waals surface area contributed by atoms with Crippen LogP contribution in [0, 0.1) is 5.92 Å². The van der Waals surface area contributed by atoms with E-state index in [0.29, 0.717) is 12.1 Å². The van der Waals surface area contributed by atoms with Crippen molar-refractivity contribution < 1.29 is 0 Å². The number of aromatic nitrogens is 1. The maximum atomic E-state index is 4.69. The van der Waals surface area contributed by atoms with Crippen LogP contribution in [0.5, 0.6) is 0 Å². The predicted octanol–water partition coefficient (Wildman–Crippen LogP) is 4.16. The van der Waals surface area contributed by atoms with E-state index >= 15 is 0 Å². The first-order chi connectivity index (χ1) is 10.1. The van der Waals surface area contributed by atoms with Crippen molar-refractivity contribution in [3.63, 3.8) is 0 Å². The van der Waals surface area contributed by atoms with Crippen molar-refractivity contribution in [2.75, 3.05) is 18.5 Å². The Hall–Kier alpha value is -1.09. The van der Waals surface area contributed by atoms with Gasteiger partial charge in [-0.25, -0.2) is 4.98 Å². The van der Waals surface area contributed by atoms with Gasteiger partial charge in [-0.3, -0.25) is 0 Å². The minimum Gasteiger partial charge on any atom is -0.356 e. The van der Waals surface area contributed by atoms with E-state index in [0.717, 1.165) is 24.7 Å². The van der Waals surface area contributed by atoms with Gasteiger partial charge in [0.2, 0.25) is 0 Å². The van der Waals surface area contributed by atoms with E-state index in [2.05, 4.69) is 55.2 Å². The van der Waals surface area contributed by atoms with Crippen LogP contribution in [0.25, 0.3) is 0 Å². The fourth-order valence-corrected chi connectivity index (χ4v) is 3.32. The molecule has 0 amide bonds. The highest BCUT2D eigenvalue weighted by atomic mass is 15.2. The van der Waals surface area contributed by atoms with Crippen molar-refractivity contribution in [3.8, 4) is 0 Å². The Balaban J connectivity index is 2.11. The summed E-state index contributed by atoms with van der Waals surface area (Å²) in [5, 5.41) is 3.59. The summed E-state index contributed by atoms with van der Waals surface area (Å²) in [7, 11) is 2.22. The number of hydrogen-bond acceptors (Lipinski definition) is 3. The van der Waals surface area contributed by atoms with Crippen molar-refractivity contribution in [1.82, 2.24) is 10.3 Å². The Labute approximate surface area is 130 Å². The lowest BCUT2D eigenvalue weighted by Crippen LogP contribution is -2.36. The Kier molecular flexibility index (Phi) is 6.04. The van der Waals surface area contributed by atoms with Crippen LogP contribution in [0.4, 0.5) is 5.82 Å². The molecule has 1 N–H and O–H groups in total. The van der Waals surface area contributed by atoms with E-state index in [9.17, 15) is 0 Å². The van der Waals surface area contributed by atoms with E-state index < -0.39 is 0 Å². The zero-order valence-corrected chi connectivity index (χ0v) is 14.1. The van der Waals surface area contributed by atoms with Crippen molar-refractivity contribution >= 4 is 5.82 Å². The van der Waals surface area contributed by atoms with Crippen LogP contribution < -0.4 is 10.2 Å². The van der Waals surface area contributed by atoms with Crippen molar-refractivity contribution in [2.24, 2.45) is 5.92 Å². The molecule has 1 atom stereocenters. The molecule has 0 radical (unpaired) electrons. The lowest BCUT2D eigenvalue weighted by molar-refractivity contribution is 0.339. The third-order valence-electron chi connectivity index (χ3n) is 4.85. The standard InChI is InChI=1S/C18H31N3/c1-5-12-19-15(3)17-7-6-13-20-18(17)21(4)16-10-8-14(2)9-11-16/h6-7,13-16,19H,5,8-12H2,1-4H3. The van der Waals surface area contributed by atoms with Crippen LogP contribution in [-0.2, 0) is 0 Å². The minimum absolute atomic E-state index is 0.360. The maximum absolute atomic E-state index is 4.69. The highest BCUT2D eigenvalue weighted by Crippen LogP contribution is 2.31. The number of rotatable bonds is 6. The topological polar surface area (TPSA) is 28.2 Å². The van der Waals surface area contributed by atoms with Gasteiger partial charge in [0.15, 0.2) is 0 Å². The van der Waals surface area contributed by atoms with Gasteiger partial charge in [0.05, 0.1) is 0 Å². The molecule has 0 aliphatic heterocycles.